The Morgan fingerprint density at radius 2 is 2.17 bits per heavy atom. The Bertz CT molecular complexity index is 399. The Labute approximate surface area is 108 Å². The summed E-state index contributed by atoms with van der Waals surface area (Å²) < 4.78 is 5.34. The predicted octanol–water partition coefficient (Wildman–Crippen LogP) is 1.81. The van der Waals surface area contributed by atoms with Crippen molar-refractivity contribution in [2.45, 2.75) is 33.2 Å². The third-order valence-electron chi connectivity index (χ3n) is 2.11. The van der Waals surface area contributed by atoms with Crippen molar-refractivity contribution in [2.75, 3.05) is 18.5 Å². The van der Waals surface area contributed by atoms with Crippen molar-refractivity contribution in [1.29, 1.82) is 0 Å². The van der Waals surface area contributed by atoms with Crippen molar-refractivity contribution in [2.24, 2.45) is 0 Å². The van der Waals surface area contributed by atoms with Crippen LogP contribution in [-0.2, 0) is 4.79 Å². The van der Waals surface area contributed by atoms with Crippen LogP contribution in [0.4, 0.5) is 5.69 Å². The lowest BCUT2D eigenvalue weighted by atomic mass is 10.1. The van der Waals surface area contributed by atoms with Gasteiger partial charge in [0.25, 0.3) is 0 Å². The zero-order chi connectivity index (χ0) is 13.6. The number of nitrogens with one attached hydrogen (secondary N) is 2. The highest BCUT2D eigenvalue weighted by atomic mass is 16.5. The molecule has 1 aromatic rings. The molecule has 0 bridgehead atoms. The number of amides is 1. The van der Waals surface area contributed by atoms with Crippen LogP contribution in [0.25, 0.3) is 0 Å². The Hall–Kier alpha value is -1.62. The molecular formula is C13H21N3O2. The van der Waals surface area contributed by atoms with Crippen LogP contribution in [-0.4, -0.2) is 29.6 Å². The fourth-order valence-electron chi connectivity index (χ4n) is 1.28. The maximum Gasteiger partial charge on any atom is 0.238 e. The number of aromatic nitrogens is 1. The van der Waals surface area contributed by atoms with E-state index >= 15 is 0 Å². The van der Waals surface area contributed by atoms with Crippen molar-refractivity contribution in [1.82, 2.24) is 10.3 Å². The molecule has 0 saturated heterocycles. The van der Waals surface area contributed by atoms with E-state index in [4.69, 9.17) is 4.74 Å². The second-order valence-electron chi connectivity index (χ2n) is 4.94. The van der Waals surface area contributed by atoms with Gasteiger partial charge in [-0.1, -0.05) is 0 Å². The molecule has 5 heteroatoms. The summed E-state index contributed by atoms with van der Waals surface area (Å²) in [7, 11) is 0. The zero-order valence-electron chi connectivity index (χ0n) is 11.4. The predicted molar refractivity (Wildman–Crippen MR) is 71.8 cm³/mol. The van der Waals surface area contributed by atoms with Crippen molar-refractivity contribution < 1.29 is 9.53 Å². The molecule has 5 nitrogen and oxygen atoms in total. The van der Waals surface area contributed by atoms with Crippen LogP contribution >= 0.6 is 0 Å². The normalized spacial score (nSPS) is 11.1. The van der Waals surface area contributed by atoms with Crippen LogP contribution in [0.2, 0.25) is 0 Å². The monoisotopic (exact) mass is 251 g/mol. The van der Waals surface area contributed by atoms with E-state index in [2.05, 4.69) is 15.6 Å². The van der Waals surface area contributed by atoms with Gasteiger partial charge < -0.3 is 15.4 Å². The number of carbonyl (C=O) groups excluding carboxylic acids is 1. The van der Waals surface area contributed by atoms with Crippen molar-refractivity contribution in [3.8, 4) is 5.88 Å². The van der Waals surface area contributed by atoms with Gasteiger partial charge in [0.05, 0.1) is 13.2 Å². The Morgan fingerprint density at radius 1 is 1.44 bits per heavy atom. The highest BCUT2D eigenvalue weighted by Gasteiger charge is 2.13. The molecule has 0 aliphatic rings. The molecule has 0 aromatic carbocycles. The van der Waals surface area contributed by atoms with E-state index in [1.54, 1.807) is 18.3 Å². The molecule has 2 N–H and O–H groups in total. The lowest BCUT2D eigenvalue weighted by Gasteiger charge is -2.20. The number of anilines is 1. The number of nitrogens with zero attached hydrogens (tertiary/aromatic N) is 1. The summed E-state index contributed by atoms with van der Waals surface area (Å²) in [4.78, 5) is 15.8. The molecule has 0 atom stereocenters. The molecule has 0 radical (unpaired) electrons. The van der Waals surface area contributed by atoms with Gasteiger partial charge >= 0.3 is 0 Å². The van der Waals surface area contributed by atoms with E-state index in [0.717, 1.165) is 0 Å². The third-order valence-corrected chi connectivity index (χ3v) is 2.11. The number of carbonyl (C=O) groups is 1. The first-order valence-electron chi connectivity index (χ1n) is 6.05. The summed E-state index contributed by atoms with van der Waals surface area (Å²) in [6.07, 6.45) is 1.63. The lowest BCUT2D eigenvalue weighted by molar-refractivity contribution is -0.115. The number of rotatable bonds is 5. The maximum atomic E-state index is 11.8. The van der Waals surface area contributed by atoms with E-state index in [1.165, 1.54) is 0 Å². The lowest BCUT2D eigenvalue weighted by Crippen LogP contribution is -2.41. The quantitative estimate of drug-likeness (QED) is 0.837. The Balaban J connectivity index is 2.59. The van der Waals surface area contributed by atoms with Gasteiger partial charge in [0.2, 0.25) is 11.8 Å². The standard InChI is InChI=1S/C13H21N3O2/c1-5-18-12-10(7-6-8-14-12)16-11(17)9-15-13(2,3)4/h6-8,15H,5,9H2,1-4H3,(H,16,17). The SMILES string of the molecule is CCOc1ncccc1NC(=O)CNC(C)(C)C. The molecule has 0 spiro atoms. The van der Waals surface area contributed by atoms with Gasteiger partial charge in [-0.3, -0.25) is 4.79 Å². The maximum absolute atomic E-state index is 11.8. The van der Waals surface area contributed by atoms with E-state index in [1.807, 2.05) is 27.7 Å². The molecule has 0 fully saturated rings. The summed E-state index contributed by atoms with van der Waals surface area (Å²) in [5.41, 5.74) is 0.509. The van der Waals surface area contributed by atoms with Gasteiger partial charge in [-0.25, -0.2) is 4.98 Å². The number of hydrogen-bond acceptors (Lipinski definition) is 4. The minimum absolute atomic E-state index is 0.0883. The van der Waals surface area contributed by atoms with Crippen LogP contribution in [0.1, 0.15) is 27.7 Å². The van der Waals surface area contributed by atoms with Gasteiger partial charge in [0.15, 0.2) is 0 Å². The highest BCUT2D eigenvalue weighted by molar-refractivity contribution is 5.93. The summed E-state index contributed by atoms with van der Waals surface area (Å²) in [6.45, 7) is 8.67. The Morgan fingerprint density at radius 3 is 2.78 bits per heavy atom. The van der Waals surface area contributed by atoms with Crippen LogP contribution in [0, 0.1) is 0 Å². The average molecular weight is 251 g/mol. The Kier molecular flexibility index (Phi) is 5.09. The minimum Gasteiger partial charge on any atom is -0.476 e. The molecule has 100 valence electrons. The van der Waals surface area contributed by atoms with Crippen molar-refractivity contribution in [3.63, 3.8) is 0 Å². The van der Waals surface area contributed by atoms with E-state index < -0.39 is 0 Å². The van der Waals surface area contributed by atoms with Crippen molar-refractivity contribution in [3.05, 3.63) is 18.3 Å². The first-order valence-corrected chi connectivity index (χ1v) is 6.05. The molecular weight excluding hydrogens is 230 g/mol. The summed E-state index contributed by atoms with van der Waals surface area (Å²) in [5.74, 6) is 0.336. The van der Waals surface area contributed by atoms with Gasteiger partial charge in [-0.05, 0) is 39.8 Å². The second kappa shape index (κ2) is 6.35. The molecule has 1 heterocycles. The molecule has 0 unspecified atom stereocenters. The summed E-state index contributed by atoms with van der Waals surface area (Å²) in [6, 6.07) is 3.53. The van der Waals surface area contributed by atoms with Gasteiger partial charge in [0, 0.05) is 11.7 Å². The molecule has 18 heavy (non-hydrogen) atoms. The molecule has 1 amide bonds. The third kappa shape index (κ3) is 5.14. The first-order chi connectivity index (χ1) is 8.42. The van der Waals surface area contributed by atoms with E-state index in [-0.39, 0.29) is 18.0 Å². The molecule has 0 aliphatic carbocycles. The van der Waals surface area contributed by atoms with Crippen LogP contribution < -0.4 is 15.4 Å². The number of hydrogen-bond donors (Lipinski definition) is 2. The number of ether oxygens (including phenoxy) is 1. The van der Waals surface area contributed by atoms with Crippen LogP contribution in [0.15, 0.2) is 18.3 Å². The fourth-order valence-corrected chi connectivity index (χ4v) is 1.28. The number of pyridine rings is 1. The minimum atomic E-state index is -0.112. The molecule has 1 aromatic heterocycles. The summed E-state index contributed by atoms with van der Waals surface area (Å²) >= 11 is 0. The molecule has 0 aliphatic heterocycles. The van der Waals surface area contributed by atoms with Gasteiger partial charge in [-0.2, -0.15) is 0 Å². The van der Waals surface area contributed by atoms with Crippen molar-refractivity contribution >= 4 is 11.6 Å². The van der Waals surface area contributed by atoms with E-state index in [0.29, 0.717) is 18.2 Å². The second-order valence-corrected chi connectivity index (χ2v) is 4.94. The topological polar surface area (TPSA) is 63.2 Å². The van der Waals surface area contributed by atoms with E-state index in [9.17, 15) is 4.79 Å². The zero-order valence-corrected chi connectivity index (χ0v) is 11.4. The van der Waals surface area contributed by atoms with Crippen LogP contribution in [0.5, 0.6) is 5.88 Å². The summed E-state index contributed by atoms with van der Waals surface area (Å²) in [5, 5.41) is 5.90. The van der Waals surface area contributed by atoms with Gasteiger partial charge in [-0.15, -0.1) is 0 Å². The largest absolute Gasteiger partial charge is 0.476 e. The smallest absolute Gasteiger partial charge is 0.238 e. The highest BCUT2D eigenvalue weighted by Crippen LogP contribution is 2.20. The molecule has 1 rings (SSSR count). The average Bonchev–Trinajstić information content (AvgIpc) is 2.29. The first kappa shape index (κ1) is 14.4. The van der Waals surface area contributed by atoms with Gasteiger partial charge in [0.1, 0.15) is 5.69 Å². The van der Waals surface area contributed by atoms with Crippen LogP contribution in [0.3, 0.4) is 0 Å². The fraction of sp³-hybridized carbons (Fsp3) is 0.538. The molecule has 0 saturated carbocycles.